The van der Waals surface area contributed by atoms with Crippen LogP contribution in [-0.2, 0) is 9.59 Å². The van der Waals surface area contributed by atoms with Crippen LogP contribution in [0.4, 0.5) is 5.69 Å². The number of carbonyl (C=O) groups excluding carboxylic acids is 2. The molecule has 2 amide bonds. The van der Waals surface area contributed by atoms with Gasteiger partial charge in [-0.15, -0.1) is 5.11 Å². The summed E-state index contributed by atoms with van der Waals surface area (Å²) in [5.41, 5.74) is 1.13. The Hall–Kier alpha value is -3.33. The zero-order chi connectivity index (χ0) is 21.0. The number of aromatic carboxylic acids is 1. The van der Waals surface area contributed by atoms with Crippen molar-refractivity contribution in [2.24, 2.45) is 10.2 Å². The van der Waals surface area contributed by atoms with Crippen LogP contribution >= 0.6 is 11.8 Å². The van der Waals surface area contributed by atoms with E-state index in [-0.39, 0.29) is 28.9 Å². The number of benzene rings is 2. The minimum Gasteiger partial charge on any atom is -0.478 e. The van der Waals surface area contributed by atoms with Crippen LogP contribution < -0.4 is 4.90 Å². The second-order valence-electron chi connectivity index (χ2n) is 6.34. The maximum Gasteiger partial charge on any atom is 0.335 e. The summed E-state index contributed by atoms with van der Waals surface area (Å²) in [4.78, 5) is 37.1. The number of nitrogens with one attached hydrogen (secondary N) is 1. The Morgan fingerprint density at radius 3 is 2.62 bits per heavy atom. The molecule has 1 saturated heterocycles. The van der Waals surface area contributed by atoms with Gasteiger partial charge in [0.2, 0.25) is 17.0 Å². The molecular formula is C20H18N4O4S. The van der Waals surface area contributed by atoms with Gasteiger partial charge in [0.1, 0.15) is 5.25 Å². The van der Waals surface area contributed by atoms with Crippen LogP contribution in [0.3, 0.4) is 0 Å². The molecule has 148 valence electrons. The summed E-state index contributed by atoms with van der Waals surface area (Å²) in [7, 11) is 0. The highest BCUT2D eigenvalue weighted by Crippen LogP contribution is 2.31. The average Bonchev–Trinajstić information content (AvgIpc) is 2.99. The van der Waals surface area contributed by atoms with Gasteiger partial charge in [-0.1, -0.05) is 48.2 Å². The van der Waals surface area contributed by atoms with Crippen LogP contribution in [0.25, 0.3) is 0 Å². The molecule has 29 heavy (non-hydrogen) atoms. The molecule has 0 aliphatic carbocycles. The number of nitrogens with zero attached hydrogens (tertiary/aromatic N) is 3. The van der Waals surface area contributed by atoms with E-state index < -0.39 is 23.0 Å². The lowest BCUT2D eigenvalue weighted by molar-refractivity contribution is -0.121. The lowest BCUT2D eigenvalue weighted by Crippen LogP contribution is -2.31. The van der Waals surface area contributed by atoms with Crippen molar-refractivity contribution >= 4 is 40.4 Å². The fraction of sp³-hybridized carbons (Fsp3) is 0.200. The Labute approximate surface area is 171 Å². The summed E-state index contributed by atoms with van der Waals surface area (Å²) < 4.78 is 0. The van der Waals surface area contributed by atoms with Gasteiger partial charge in [0.05, 0.1) is 17.3 Å². The average molecular weight is 410 g/mol. The van der Waals surface area contributed by atoms with Crippen LogP contribution in [0.2, 0.25) is 0 Å². The van der Waals surface area contributed by atoms with Crippen molar-refractivity contribution < 1.29 is 19.5 Å². The van der Waals surface area contributed by atoms with Gasteiger partial charge in [-0.3, -0.25) is 15.0 Å². The van der Waals surface area contributed by atoms with E-state index in [1.807, 2.05) is 37.3 Å². The van der Waals surface area contributed by atoms with E-state index in [4.69, 9.17) is 10.5 Å². The van der Waals surface area contributed by atoms with E-state index in [1.165, 1.54) is 24.3 Å². The van der Waals surface area contributed by atoms with Crippen LogP contribution in [0.15, 0.2) is 64.8 Å². The van der Waals surface area contributed by atoms with Gasteiger partial charge in [-0.05, 0) is 30.7 Å². The molecule has 1 fully saturated rings. The number of azo groups is 1. The highest BCUT2D eigenvalue weighted by molar-refractivity contribution is 8.14. The molecule has 0 bridgehead atoms. The Bertz CT molecular complexity index is 993. The summed E-state index contributed by atoms with van der Waals surface area (Å²) in [5.74, 6) is -2.09. The third-order valence-corrected chi connectivity index (χ3v) is 5.27. The first-order valence-corrected chi connectivity index (χ1v) is 9.66. The van der Waals surface area contributed by atoms with Gasteiger partial charge < -0.3 is 5.11 Å². The number of hydrogen-bond acceptors (Lipinski definition) is 6. The third kappa shape index (κ3) is 4.75. The number of thioether (sulfide) groups is 1. The molecule has 0 saturated carbocycles. The highest BCUT2D eigenvalue weighted by atomic mass is 32.2. The standard InChI is InChI=1S/C20H18N4O4S/c1-12(13-6-3-2-4-7-13)22-23-20(21)29-16-11-17(25)24(18(16)26)15-9-5-8-14(10-15)19(27)28/h2-10,12,16,21H,11H2,1H3,(H,27,28)/b21-20?,23-22+. The quantitative estimate of drug-likeness (QED) is 0.335. The molecule has 2 aromatic rings. The molecule has 1 aliphatic rings. The summed E-state index contributed by atoms with van der Waals surface area (Å²) in [6.07, 6.45) is -0.0903. The summed E-state index contributed by atoms with van der Waals surface area (Å²) in [5, 5.41) is 24.1. The van der Waals surface area contributed by atoms with Gasteiger partial charge >= 0.3 is 5.97 Å². The summed E-state index contributed by atoms with van der Waals surface area (Å²) in [6, 6.07) is 14.9. The number of carboxylic acid groups (broad SMARTS) is 1. The Morgan fingerprint density at radius 2 is 1.93 bits per heavy atom. The number of amidine groups is 1. The lowest BCUT2D eigenvalue weighted by Gasteiger charge is -2.15. The zero-order valence-electron chi connectivity index (χ0n) is 15.5. The van der Waals surface area contributed by atoms with E-state index in [0.717, 1.165) is 22.2 Å². The summed E-state index contributed by atoms with van der Waals surface area (Å²) in [6.45, 7) is 1.85. The number of amides is 2. The van der Waals surface area contributed by atoms with Gasteiger partial charge in [-0.2, -0.15) is 5.11 Å². The van der Waals surface area contributed by atoms with Crippen molar-refractivity contribution in [2.45, 2.75) is 24.6 Å². The molecule has 2 unspecified atom stereocenters. The van der Waals surface area contributed by atoms with Gasteiger partial charge in [0.25, 0.3) is 0 Å². The zero-order valence-corrected chi connectivity index (χ0v) is 16.3. The number of carboxylic acids is 1. The van der Waals surface area contributed by atoms with Crippen molar-refractivity contribution in [3.8, 4) is 0 Å². The number of hydrogen-bond donors (Lipinski definition) is 2. The van der Waals surface area contributed by atoms with E-state index in [9.17, 15) is 14.4 Å². The van der Waals surface area contributed by atoms with Crippen molar-refractivity contribution in [1.29, 1.82) is 5.41 Å². The smallest absolute Gasteiger partial charge is 0.335 e. The first-order valence-electron chi connectivity index (χ1n) is 8.78. The first-order chi connectivity index (χ1) is 13.9. The van der Waals surface area contributed by atoms with E-state index >= 15 is 0 Å². The van der Waals surface area contributed by atoms with Crippen molar-refractivity contribution in [3.05, 3.63) is 65.7 Å². The van der Waals surface area contributed by atoms with Crippen LogP contribution in [0.5, 0.6) is 0 Å². The molecule has 2 N–H and O–H groups in total. The van der Waals surface area contributed by atoms with Gasteiger partial charge in [-0.25, -0.2) is 9.69 Å². The monoisotopic (exact) mass is 410 g/mol. The topological polar surface area (TPSA) is 123 Å². The van der Waals surface area contributed by atoms with E-state index in [2.05, 4.69) is 10.2 Å². The van der Waals surface area contributed by atoms with E-state index in [1.54, 1.807) is 0 Å². The minimum absolute atomic E-state index is 0.0179. The van der Waals surface area contributed by atoms with E-state index in [0.29, 0.717) is 0 Å². The van der Waals surface area contributed by atoms with Crippen molar-refractivity contribution in [2.75, 3.05) is 4.90 Å². The number of rotatable bonds is 5. The highest BCUT2D eigenvalue weighted by Gasteiger charge is 2.40. The number of imide groups is 1. The predicted molar refractivity (Wildman–Crippen MR) is 109 cm³/mol. The van der Waals surface area contributed by atoms with Crippen LogP contribution in [-0.4, -0.2) is 33.3 Å². The molecule has 8 nitrogen and oxygen atoms in total. The molecule has 9 heteroatoms. The maximum absolute atomic E-state index is 12.7. The molecule has 1 heterocycles. The number of carbonyl (C=O) groups is 3. The fourth-order valence-corrected chi connectivity index (χ4v) is 3.64. The largest absolute Gasteiger partial charge is 0.478 e. The van der Waals surface area contributed by atoms with Crippen molar-refractivity contribution in [1.82, 2.24) is 0 Å². The molecular weight excluding hydrogens is 392 g/mol. The lowest BCUT2D eigenvalue weighted by atomic mass is 10.1. The maximum atomic E-state index is 12.7. The Balaban J connectivity index is 1.67. The molecule has 0 spiro atoms. The molecule has 0 aromatic heterocycles. The third-order valence-electron chi connectivity index (χ3n) is 4.31. The van der Waals surface area contributed by atoms with Gasteiger partial charge in [0.15, 0.2) is 0 Å². The minimum atomic E-state index is -1.15. The molecule has 2 aromatic carbocycles. The number of anilines is 1. The Kier molecular flexibility index (Phi) is 6.18. The van der Waals surface area contributed by atoms with Crippen LogP contribution in [0, 0.1) is 5.41 Å². The molecule has 3 rings (SSSR count). The molecule has 2 atom stereocenters. The molecule has 1 aliphatic heterocycles. The summed E-state index contributed by atoms with van der Waals surface area (Å²) >= 11 is 0.860. The first kappa shape index (κ1) is 20.4. The molecule has 0 radical (unpaired) electrons. The van der Waals surface area contributed by atoms with Crippen molar-refractivity contribution in [3.63, 3.8) is 0 Å². The predicted octanol–water partition coefficient (Wildman–Crippen LogP) is 3.90. The SMILES string of the molecule is CC(/N=N/C(=N)SC1CC(=O)N(c2cccc(C(=O)O)c2)C1=O)c1ccccc1. The Morgan fingerprint density at radius 1 is 1.21 bits per heavy atom. The second kappa shape index (κ2) is 8.78. The van der Waals surface area contributed by atoms with Crippen LogP contribution in [0.1, 0.15) is 35.3 Å². The van der Waals surface area contributed by atoms with Gasteiger partial charge in [0, 0.05) is 6.42 Å². The normalized spacial score (nSPS) is 17.7. The second-order valence-corrected chi connectivity index (χ2v) is 7.53. The fourth-order valence-electron chi connectivity index (χ4n) is 2.84.